The Labute approximate surface area is 276 Å². The van der Waals surface area contributed by atoms with E-state index < -0.39 is 11.7 Å². The number of H-pyrrole nitrogens is 1. The number of rotatable bonds is 3. The quantitative estimate of drug-likeness (QED) is 0.256. The molecule has 0 aromatic carbocycles. The fourth-order valence-corrected chi connectivity index (χ4v) is 5.98. The Hall–Kier alpha value is -4.61. The van der Waals surface area contributed by atoms with Crippen LogP contribution in [0.2, 0.25) is 5.28 Å². The molecule has 252 valence electrons. The van der Waals surface area contributed by atoms with Gasteiger partial charge in [-0.15, -0.1) is 0 Å². The maximum Gasteiger partial charge on any atom is 0.418 e. The smallest absolute Gasteiger partial charge is 0.373 e. The zero-order chi connectivity index (χ0) is 33.7. The van der Waals surface area contributed by atoms with E-state index in [1.807, 2.05) is 42.6 Å². The van der Waals surface area contributed by atoms with E-state index in [-0.39, 0.29) is 16.3 Å². The number of nitrogens with zero attached hydrogens (tertiary/aromatic N) is 11. The summed E-state index contributed by atoms with van der Waals surface area (Å²) in [7, 11) is 7.50. The van der Waals surface area contributed by atoms with Crippen LogP contribution in [-0.2, 0) is 42.0 Å². The summed E-state index contributed by atoms with van der Waals surface area (Å²) < 4.78 is 55.2. The summed E-state index contributed by atoms with van der Waals surface area (Å²) in [6.07, 6.45) is -0.310. The monoisotopic (exact) mass is 684 g/mol. The van der Waals surface area contributed by atoms with Crippen LogP contribution in [-0.4, -0.2) is 90.4 Å². The van der Waals surface area contributed by atoms with Gasteiger partial charge in [0, 0.05) is 77.8 Å². The number of aryl methyl sites for hydroxylation is 2. The minimum absolute atomic E-state index is 0.0180. The van der Waals surface area contributed by atoms with Crippen molar-refractivity contribution in [2.75, 3.05) is 51.2 Å². The lowest BCUT2D eigenvalue weighted by Gasteiger charge is -2.13. The highest BCUT2D eigenvalue weighted by atomic mass is 35.5. The summed E-state index contributed by atoms with van der Waals surface area (Å²) in [6, 6.07) is 1.42. The second-order valence-electron chi connectivity index (χ2n) is 11.8. The highest BCUT2D eigenvalue weighted by molar-refractivity contribution is 6.28. The van der Waals surface area contributed by atoms with Gasteiger partial charge in [-0.1, -0.05) is 0 Å². The first-order chi connectivity index (χ1) is 23.0. The third-order valence-electron chi connectivity index (χ3n) is 8.03. The predicted molar refractivity (Wildman–Crippen MR) is 173 cm³/mol. The second kappa shape index (κ2) is 12.4. The number of halogens is 4. The molecule has 0 amide bonds. The molecule has 0 saturated heterocycles. The number of aromatic amines is 1. The van der Waals surface area contributed by atoms with Gasteiger partial charge in [0.1, 0.15) is 30.5 Å². The molecule has 48 heavy (non-hydrogen) atoms. The highest BCUT2D eigenvalue weighted by Crippen LogP contribution is 2.36. The van der Waals surface area contributed by atoms with Crippen LogP contribution in [0.25, 0.3) is 44.7 Å². The summed E-state index contributed by atoms with van der Waals surface area (Å²) in [5, 5.41) is 0.231. The lowest BCUT2D eigenvalue weighted by atomic mass is 10.1. The normalized spacial score (nSPS) is 15.1. The standard InChI is InChI=1S/C19H18F3N7O.C11H14ClN5O/c1-28(2)17-14-18(29-4-3-5-30-9-13(29)25-14)27-15(26-17)10-6-11-12(19(20,21)22)8-24-16(11)23-7-10;1-16(2)9-8-10(15-11(12)14-9)17-4-3-5-18-6-7(17)13-8/h6-8H,3-5,9H2,1-2H3,(H,23,24);3-6H2,1-2H3. The summed E-state index contributed by atoms with van der Waals surface area (Å²) in [6.45, 7) is 3.83. The highest BCUT2D eigenvalue weighted by Gasteiger charge is 2.34. The van der Waals surface area contributed by atoms with Crippen LogP contribution in [0.1, 0.15) is 30.1 Å². The van der Waals surface area contributed by atoms with Crippen molar-refractivity contribution in [3.8, 4) is 11.4 Å². The topological polar surface area (TPSA) is 141 Å². The van der Waals surface area contributed by atoms with Crippen LogP contribution in [0.5, 0.6) is 0 Å². The van der Waals surface area contributed by atoms with Crippen molar-refractivity contribution in [2.24, 2.45) is 0 Å². The maximum atomic E-state index is 13.3. The molecule has 6 aromatic heterocycles. The van der Waals surface area contributed by atoms with E-state index in [4.69, 9.17) is 21.1 Å². The number of aromatic nitrogens is 10. The zero-order valence-electron chi connectivity index (χ0n) is 26.6. The third-order valence-corrected chi connectivity index (χ3v) is 8.20. The van der Waals surface area contributed by atoms with Gasteiger partial charge in [0.15, 0.2) is 39.8 Å². The van der Waals surface area contributed by atoms with Crippen LogP contribution < -0.4 is 9.80 Å². The Morgan fingerprint density at radius 2 is 1.40 bits per heavy atom. The fraction of sp³-hybridized carbons (Fsp3) is 0.433. The average molecular weight is 685 g/mol. The summed E-state index contributed by atoms with van der Waals surface area (Å²) >= 11 is 5.99. The number of nitrogens with one attached hydrogen (secondary N) is 1. The minimum Gasteiger partial charge on any atom is -0.373 e. The maximum absolute atomic E-state index is 13.3. The molecule has 14 nitrogen and oxygen atoms in total. The summed E-state index contributed by atoms with van der Waals surface area (Å²) in [5.74, 6) is 3.27. The number of alkyl halides is 3. The van der Waals surface area contributed by atoms with E-state index in [9.17, 15) is 13.2 Å². The molecule has 1 N–H and O–H groups in total. The predicted octanol–water partition coefficient (Wildman–Crippen LogP) is 4.84. The molecule has 6 aromatic rings. The Bertz CT molecular complexity index is 2140. The Morgan fingerprint density at radius 3 is 1.98 bits per heavy atom. The van der Waals surface area contributed by atoms with Crippen LogP contribution in [0.3, 0.4) is 0 Å². The molecular formula is C30H32ClF3N12O2. The molecular weight excluding hydrogens is 653 g/mol. The molecule has 0 bridgehead atoms. The van der Waals surface area contributed by atoms with Gasteiger partial charge < -0.3 is 33.4 Å². The van der Waals surface area contributed by atoms with Gasteiger partial charge >= 0.3 is 6.18 Å². The minimum atomic E-state index is -4.49. The van der Waals surface area contributed by atoms with Gasteiger partial charge in [-0.3, -0.25) is 0 Å². The van der Waals surface area contributed by atoms with Crippen molar-refractivity contribution in [3.05, 3.63) is 41.0 Å². The van der Waals surface area contributed by atoms with Crippen molar-refractivity contribution in [1.82, 2.24) is 49.0 Å². The van der Waals surface area contributed by atoms with Gasteiger partial charge in [-0.25, -0.2) is 24.9 Å². The molecule has 0 fully saturated rings. The van der Waals surface area contributed by atoms with Gasteiger partial charge in [-0.2, -0.15) is 23.1 Å². The zero-order valence-corrected chi connectivity index (χ0v) is 27.4. The molecule has 2 aliphatic heterocycles. The number of anilines is 2. The van der Waals surface area contributed by atoms with Gasteiger partial charge in [0.05, 0.1) is 5.56 Å². The van der Waals surface area contributed by atoms with E-state index in [0.29, 0.717) is 54.7 Å². The number of hydrogen-bond donors (Lipinski definition) is 1. The number of fused-ring (bicyclic) bond motifs is 7. The van der Waals surface area contributed by atoms with Crippen LogP contribution in [0.4, 0.5) is 24.8 Å². The largest absolute Gasteiger partial charge is 0.418 e. The van der Waals surface area contributed by atoms with Gasteiger partial charge in [-0.05, 0) is 30.5 Å². The van der Waals surface area contributed by atoms with E-state index >= 15 is 0 Å². The van der Waals surface area contributed by atoms with Crippen molar-refractivity contribution >= 4 is 56.6 Å². The molecule has 8 rings (SSSR count). The molecule has 0 radical (unpaired) electrons. The molecule has 0 aliphatic carbocycles. The van der Waals surface area contributed by atoms with Crippen molar-refractivity contribution < 1.29 is 22.6 Å². The third kappa shape index (κ3) is 5.85. The lowest BCUT2D eigenvalue weighted by Crippen LogP contribution is -2.13. The average Bonchev–Trinajstić information content (AvgIpc) is 3.60. The van der Waals surface area contributed by atoms with Gasteiger partial charge in [0.2, 0.25) is 5.28 Å². The first-order valence-electron chi connectivity index (χ1n) is 15.2. The van der Waals surface area contributed by atoms with Crippen molar-refractivity contribution in [3.63, 3.8) is 0 Å². The molecule has 0 spiro atoms. The molecule has 0 atom stereocenters. The Morgan fingerprint density at radius 1 is 0.812 bits per heavy atom. The molecule has 18 heteroatoms. The first-order valence-corrected chi connectivity index (χ1v) is 15.6. The van der Waals surface area contributed by atoms with Crippen molar-refractivity contribution in [2.45, 2.75) is 45.3 Å². The fourth-order valence-electron chi connectivity index (χ4n) is 5.82. The molecule has 0 unspecified atom stereocenters. The van der Waals surface area contributed by atoms with E-state index in [0.717, 1.165) is 60.8 Å². The SMILES string of the molecule is CN(C)c1nc(-c2cnc3[nH]cc(C(F)(F)F)c3c2)nc2c1nc1n2CCCOC1.CN(C)c1nc(Cl)nc2c1nc1n2CCCOC1. The molecule has 2 aliphatic rings. The summed E-state index contributed by atoms with van der Waals surface area (Å²) in [5.41, 5.74) is 2.64. The lowest BCUT2D eigenvalue weighted by molar-refractivity contribution is -0.136. The van der Waals surface area contributed by atoms with Crippen molar-refractivity contribution in [1.29, 1.82) is 0 Å². The number of pyridine rings is 1. The van der Waals surface area contributed by atoms with Crippen LogP contribution in [0, 0.1) is 0 Å². The van der Waals surface area contributed by atoms with Crippen LogP contribution >= 0.6 is 11.6 Å². The van der Waals surface area contributed by atoms with Crippen LogP contribution in [0.15, 0.2) is 18.5 Å². The summed E-state index contributed by atoms with van der Waals surface area (Å²) in [4.78, 5) is 37.5. The molecule has 0 saturated carbocycles. The van der Waals surface area contributed by atoms with E-state index in [1.165, 1.54) is 12.3 Å². The number of hydrogen-bond acceptors (Lipinski definition) is 11. The van der Waals surface area contributed by atoms with E-state index in [1.54, 1.807) is 0 Å². The Kier molecular flexibility index (Phi) is 8.29. The van der Waals surface area contributed by atoms with E-state index in [2.05, 4.69) is 44.4 Å². The molecule has 8 heterocycles. The van der Waals surface area contributed by atoms with Gasteiger partial charge in [0.25, 0.3) is 0 Å². The Balaban J connectivity index is 0.000000172. The first kappa shape index (κ1) is 32.0. The number of ether oxygens (including phenoxy) is 2. The number of imidazole rings is 2. The second-order valence-corrected chi connectivity index (χ2v) is 12.2.